The number of carbonyl (C=O) groups excluding carboxylic acids is 2. The fourth-order valence-corrected chi connectivity index (χ4v) is 4.72. The summed E-state index contributed by atoms with van der Waals surface area (Å²) in [5.41, 5.74) is 2.82. The van der Waals surface area contributed by atoms with Crippen molar-refractivity contribution in [1.82, 2.24) is 5.32 Å². The number of aryl methyl sites for hydroxylation is 1. The zero-order chi connectivity index (χ0) is 32.5. The highest BCUT2D eigenvalue weighted by molar-refractivity contribution is 5.74. The predicted octanol–water partition coefficient (Wildman–Crippen LogP) is 8.12. The molecule has 0 radical (unpaired) electrons. The van der Waals surface area contributed by atoms with Crippen LogP contribution in [0.2, 0.25) is 0 Å². The second kappa shape index (κ2) is 15.2. The van der Waals surface area contributed by atoms with Crippen molar-refractivity contribution in [2.24, 2.45) is 0 Å². The van der Waals surface area contributed by atoms with Gasteiger partial charge in [-0.15, -0.1) is 0 Å². The molecule has 1 amide bonds. The SMILES string of the molecule is COCCCc1cc(COc2ccccc2CC(=O)OC(C)(C)C)cc(-c2cccc([C@@H](C)NC(=O)OC(C)(C)C)c2F)c1. The average molecular weight is 608 g/mol. The summed E-state index contributed by atoms with van der Waals surface area (Å²) >= 11 is 0. The lowest BCUT2D eigenvalue weighted by Gasteiger charge is -2.22. The highest BCUT2D eigenvalue weighted by Crippen LogP contribution is 2.31. The van der Waals surface area contributed by atoms with Crippen LogP contribution in [-0.4, -0.2) is 37.0 Å². The molecule has 7 nitrogen and oxygen atoms in total. The number of ether oxygens (including phenoxy) is 4. The third-order valence-corrected chi connectivity index (χ3v) is 6.53. The van der Waals surface area contributed by atoms with Crippen molar-refractivity contribution in [3.8, 4) is 16.9 Å². The van der Waals surface area contributed by atoms with Crippen LogP contribution < -0.4 is 10.1 Å². The Morgan fingerprint density at radius 3 is 2.25 bits per heavy atom. The summed E-state index contributed by atoms with van der Waals surface area (Å²) < 4.78 is 38.3. The summed E-state index contributed by atoms with van der Waals surface area (Å²) in [5.74, 6) is -0.165. The van der Waals surface area contributed by atoms with Crippen molar-refractivity contribution < 1.29 is 32.9 Å². The number of amides is 1. The molecule has 0 unspecified atom stereocenters. The second-order valence-corrected chi connectivity index (χ2v) is 12.9. The number of alkyl carbamates (subject to hydrolysis) is 1. The number of benzene rings is 3. The van der Waals surface area contributed by atoms with Gasteiger partial charge in [-0.1, -0.05) is 48.5 Å². The van der Waals surface area contributed by atoms with Crippen molar-refractivity contribution in [3.63, 3.8) is 0 Å². The molecule has 0 aliphatic heterocycles. The predicted molar refractivity (Wildman–Crippen MR) is 170 cm³/mol. The number of rotatable bonds is 12. The molecule has 238 valence electrons. The lowest BCUT2D eigenvalue weighted by molar-refractivity contribution is -0.153. The van der Waals surface area contributed by atoms with E-state index in [2.05, 4.69) is 5.32 Å². The van der Waals surface area contributed by atoms with Crippen LogP contribution in [0.1, 0.15) is 83.2 Å². The highest BCUT2D eigenvalue weighted by Gasteiger charge is 2.22. The summed E-state index contributed by atoms with van der Waals surface area (Å²) in [4.78, 5) is 24.9. The van der Waals surface area contributed by atoms with E-state index in [9.17, 15) is 9.59 Å². The molecule has 3 aromatic carbocycles. The first-order chi connectivity index (χ1) is 20.6. The highest BCUT2D eigenvalue weighted by atomic mass is 19.1. The largest absolute Gasteiger partial charge is 0.489 e. The number of halogens is 1. The van der Waals surface area contributed by atoms with Crippen LogP contribution in [0.5, 0.6) is 5.75 Å². The van der Waals surface area contributed by atoms with E-state index >= 15 is 4.39 Å². The van der Waals surface area contributed by atoms with Gasteiger partial charge in [0.25, 0.3) is 0 Å². The minimum absolute atomic E-state index is 0.0866. The van der Waals surface area contributed by atoms with E-state index in [0.717, 1.165) is 29.5 Å². The quantitative estimate of drug-likeness (QED) is 0.165. The molecule has 3 aromatic rings. The maximum absolute atomic E-state index is 16.0. The molecule has 0 heterocycles. The van der Waals surface area contributed by atoms with Crippen LogP contribution in [0.4, 0.5) is 9.18 Å². The molecule has 1 N–H and O–H groups in total. The number of hydrogen-bond donors (Lipinski definition) is 1. The van der Waals surface area contributed by atoms with Crippen LogP contribution >= 0.6 is 0 Å². The Hall–Kier alpha value is -3.91. The minimum Gasteiger partial charge on any atom is -0.489 e. The van der Waals surface area contributed by atoms with Gasteiger partial charge in [0.1, 0.15) is 29.4 Å². The number of carbonyl (C=O) groups is 2. The molecular weight excluding hydrogens is 561 g/mol. The van der Waals surface area contributed by atoms with Crippen molar-refractivity contribution in [3.05, 3.63) is 88.7 Å². The van der Waals surface area contributed by atoms with Crippen molar-refractivity contribution >= 4 is 12.1 Å². The number of para-hydroxylation sites is 1. The molecule has 0 spiro atoms. The zero-order valence-corrected chi connectivity index (χ0v) is 27.2. The van der Waals surface area contributed by atoms with Gasteiger partial charge in [0, 0.05) is 30.4 Å². The lowest BCUT2D eigenvalue weighted by Crippen LogP contribution is -2.34. The van der Waals surface area contributed by atoms with Crippen molar-refractivity contribution in [2.45, 2.75) is 91.6 Å². The Morgan fingerprint density at radius 2 is 1.57 bits per heavy atom. The van der Waals surface area contributed by atoms with Crippen LogP contribution in [-0.2, 0) is 38.5 Å². The fourth-order valence-electron chi connectivity index (χ4n) is 4.72. The van der Waals surface area contributed by atoms with Crippen molar-refractivity contribution in [2.75, 3.05) is 13.7 Å². The monoisotopic (exact) mass is 607 g/mol. The molecule has 44 heavy (non-hydrogen) atoms. The smallest absolute Gasteiger partial charge is 0.408 e. The number of esters is 1. The van der Waals surface area contributed by atoms with Crippen LogP contribution in [0, 0.1) is 5.82 Å². The van der Waals surface area contributed by atoms with Crippen LogP contribution in [0.25, 0.3) is 11.1 Å². The van der Waals surface area contributed by atoms with Gasteiger partial charge < -0.3 is 24.3 Å². The molecule has 3 rings (SSSR count). The summed E-state index contributed by atoms with van der Waals surface area (Å²) in [6.45, 7) is 13.4. The standard InChI is InChI=1S/C36H46FNO6/c1-24(38-34(40)44-36(5,6)7)29-15-11-16-30(33(29)37)28-20-25(13-12-18-41-8)19-26(21-28)23-42-31-17-10-9-14-27(31)22-32(39)43-35(2,3)4/h9-11,14-17,19-21,24H,12-13,18,22-23H2,1-8H3,(H,38,40)/t24-/m1/s1. The van der Waals surface area contributed by atoms with Gasteiger partial charge in [-0.05, 0) is 90.1 Å². The molecule has 0 bridgehead atoms. The summed E-state index contributed by atoms with van der Waals surface area (Å²) in [7, 11) is 1.66. The summed E-state index contributed by atoms with van der Waals surface area (Å²) in [6, 6.07) is 17.9. The van der Waals surface area contributed by atoms with Gasteiger partial charge in [0.05, 0.1) is 12.5 Å². The number of nitrogens with one attached hydrogen (secondary N) is 1. The van der Waals surface area contributed by atoms with E-state index in [0.29, 0.717) is 29.0 Å². The van der Waals surface area contributed by atoms with Gasteiger partial charge in [0.15, 0.2) is 0 Å². The van der Waals surface area contributed by atoms with E-state index in [1.807, 2.05) is 63.2 Å². The lowest BCUT2D eigenvalue weighted by atomic mass is 9.95. The summed E-state index contributed by atoms with van der Waals surface area (Å²) in [5, 5.41) is 2.73. The first-order valence-corrected chi connectivity index (χ1v) is 15.0. The third kappa shape index (κ3) is 11.0. The molecule has 8 heteroatoms. The fraction of sp³-hybridized carbons (Fsp3) is 0.444. The Bertz CT molecular complexity index is 1420. The number of hydrogen-bond acceptors (Lipinski definition) is 6. The maximum atomic E-state index is 16.0. The van der Waals surface area contributed by atoms with Crippen LogP contribution in [0.15, 0.2) is 60.7 Å². The maximum Gasteiger partial charge on any atom is 0.408 e. The van der Waals surface area contributed by atoms with Gasteiger partial charge in [-0.2, -0.15) is 0 Å². The third-order valence-electron chi connectivity index (χ3n) is 6.53. The van der Waals surface area contributed by atoms with E-state index in [1.165, 1.54) is 0 Å². The Kier molecular flexibility index (Phi) is 11.9. The van der Waals surface area contributed by atoms with E-state index < -0.39 is 29.2 Å². The normalized spacial score (nSPS) is 12.4. The van der Waals surface area contributed by atoms with Crippen molar-refractivity contribution in [1.29, 1.82) is 0 Å². The Labute approximate surface area is 261 Å². The number of methoxy groups -OCH3 is 1. The minimum atomic E-state index is -0.665. The summed E-state index contributed by atoms with van der Waals surface area (Å²) in [6.07, 6.45) is 1.02. The average Bonchev–Trinajstić information content (AvgIpc) is 2.90. The molecule has 0 fully saturated rings. The molecule has 0 aliphatic rings. The van der Waals surface area contributed by atoms with Crippen LogP contribution in [0.3, 0.4) is 0 Å². The molecule has 0 aliphatic carbocycles. The zero-order valence-electron chi connectivity index (χ0n) is 27.2. The Morgan fingerprint density at radius 1 is 0.886 bits per heavy atom. The van der Waals surface area contributed by atoms with E-state index in [-0.39, 0.29) is 19.0 Å². The van der Waals surface area contributed by atoms with E-state index in [1.54, 1.807) is 53.0 Å². The molecule has 1 atom stereocenters. The van der Waals surface area contributed by atoms with Gasteiger partial charge in [-0.25, -0.2) is 9.18 Å². The van der Waals surface area contributed by atoms with E-state index in [4.69, 9.17) is 18.9 Å². The van der Waals surface area contributed by atoms with Gasteiger partial charge >= 0.3 is 12.1 Å². The van der Waals surface area contributed by atoms with Gasteiger partial charge in [0.2, 0.25) is 0 Å². The second-order valence-electron chi connectivity index (χ2n) is 12.9. The first-order valence-electron chi connectivity index (χ1n) is 15.0. The molecule has 0 aromatic heterocycles. The molecule has 0 saturated heterocycles. The first kappa shape index (κ1) is 34.6. The van der Waals surface area contributed by atoms with Gasteiger partial charge in [-0.3, -0.25) is 4.79 Å². The Balaban J connectivity index is 1.89. The topological polar surface area (TPSA) is 83.1 Å². The molecular formula is C36H46FNO6. The molecule has 0 saturated carbocycles.